The molecule has 0 saturated carbocycles. The first-order valence-electron chi connectivity index (χ1n) is 4.70. The SMILES string of the molecule is Cc1cccc([C@@H](O)CCN)c1[N+](=O)[O-]. The number of aryl methyl sites for hydroxylation is 1. The Morgan fingerprint density at radius 1 is 1.60 bits per heavy atom. The molecule has 1 rings (SSSR count). The van der Waals surface area contributed by atoms with Gasteiger partial charge in [-0.1, -0.05) is 12.1 Å². The molecule has 1 aromatic carbocycles. The smallest absolute Gasteiger partial charge is 0.278 e. The minimum Gasteiger partial charge on any atom is -0.388 e. The highest BCUT2D eigenvalue weighted by atomic mass is 16.6. The number of hydrogen-bond donors (Lipinski definition) is 2. The molecule has 0 aromatic heterocycles. The molecule has 5 nitrogen and oxygen atoms in total. The lowest BCUT2D eigenvalue weighted by atomic mass is 10.0. The van der Waals surface area contributed by atoms with Crippen molar-refractivity contribution < 1.29 is 10.0 Å². The fourth-order valence-corrected chi connectivity index (χ4v) is 1.51. The van der Waals surface area contributed by atoms with Crippen molar-refractivity contribution in [1.29, 1.82) is 0 Å². The van der Waals surface area contributed by atoms with Gasteiger partial charge in [0.1, 0.15) is 0 Å². The Morgan fingerprint density at radius 2 is 2.27 bits per heavy atom. The fourth-order valence-electron chi connectivity index (χ4n) is 1.51. The lowest BCUT2D eigenvalue weighted by molar-refractivity contribution is -0.386. The third kappa shape index (κ3) is 2.51. The molecule has 0 fully saturated rings. The Kier molecular flexibility index (Phi) is 3.76. The third-order valence-corrected chi connectivity index (χ3v) is 2.25. The Labute approximate surface area is 87.7 Å². The number of rotatable bonds is 4. The zero-order chi connectivity index (χ0) is 11.4. The van der Waals surface area contributed by atoms with E-state index in [0.29, 0.717) is 24.1 Å². The number of nitrogens with zero attached hydrogens (tertiary/aromatic N) is 1. The Balaban J connectivity index is 3.16. The molecule has 82 valence electrons. The van der Waals surface area contributed by atoms with Gasteiger partial charge in [0.15, 0.2) is 0 Å². The molecule has 0 spiro atoms. The molecule has 0 bridgehead atoms. The predicted octanol–water partition coefficient (Wildman–Crippen LogP) is 1.29. The fraction of sp³-hybridized carbons (Fsp3) is 0.400. The lowest BCUT2D eigenvalue weighted by Gasteiger charge is -2.10. The summed E-state index contributed by atoms with van der Waals surface area (Å²) in [6.45, 7) is 1.95. The normalized spacial score (nSPS) is 12.5. The van der Waals surface area contributed by atoms with Crippen molar-refractivity contribution in [1.82, 2.24) is 0 Å². The van der Waals surface area contributed by atoms with Crippen molar-refractivity contribution in [2.24, 2.45) is 5.73 Å². The molecule has 0 amide bonds. The van der Waals surface area contributed by atoms with Crippen molar-refractivity contribution >= 4 is 5.69 Å². The van der Waals surface area contributed by atoms with Crippen LogP contribution in [0.15, 0.2) is 18.2 Å². The molecule has 5 heteroatoms. The van der Waals surface area contributed by atoms with Gasteiger partial charge in [0, 0.05) is 5.56 Å². The largest absolute Gasteiger partial charge is 0.388 e. The van der Waals surface area contributed by atoms with Crippen LogP contribution in [0, 0.1) is 17.0 Å². The highest BCUT2D eigenvalue weighted by molar-refractivity contribution is 5.48. The second-order valence-electron chi connectivity index (χ2n) is 3.36. The van der Waals surface area contributed by atoms with Crippen LogP contribution in [-0.2, 0) is 0 Å². The number of hydrogen-bond acceptors (Lipinski definition) is 4. The number of nitro groups is 1. The predicted molar refractivity (Wildman–Crippen MR) is 56.5 cm³/mol. The van der Waals surface area contributed by atoms with Crippen LogP contribution in [0.4, 0.5) is 5.69 Å². The first kappa shape index (κ1) is 11.6. The van der Waals surface area contributed by atoms with Gasteiger partial charge < -0.3 is 10.8 Å². The van der Waals surface area contributed by atoms with Crippen LogP contribution in [-0.4, -0.2) is 16.6 Å². The van der Waals surface area contributed by atoms with E-state index in [-0.39, 0.29) is 5.69 Å². The average molecular weight is 210 g/mol. The summed E-state index contributed by atoms with van der Waals surface area (Å²) < 4.78 is 0. The van der Waals surface area contributed by atoms with Crippen LogP contribution in [0.1, 0.15) is 23.7 Å². The van der Waals surface area contributed by atoms with Crippen molar-refractivity contribution in [3.8, 4) is 0 Å². The molecule has 0 heterocycles. The van der Waals surface area contributed by atoms with Crippen LogP contribution in [0.5, 0.6) is 0 Å². The van der Waals surface area contributed by atoms with Crippen molar-refractivity contribution in [3.63, 3.8) is 0 Å². The lowest BCUT2D eigenvalue weighted by Crippen LogP contribution is -2.09. The topological polar surface area (TPSA) is 89.4 Å². The highest BCUT2D eigenvalue weighted by Crippen LogP contribution is 2.29. The number of nitro benzene ring substituents is 1. The summed E-state index contributed by atoms with van der Waals surface area (Å²) >= 11 is 0. The zero-order valence-corrected chi connectivity index (χ0v) is 8.51. The quantitative estimate of drug-likeness (QED) is 0.578. The van der Waals surface area contributed by atoms with Crippen molar-refractivity contribution in [2.75, 3.05) is 6.54 Å². The first-order chi connectivity index (χ1) is 7.07. The summed E-state index contributed by atoms with van der Waals surface area (Å²) in [4.78, 5) is 10.3. The Bertz CT molecular complexity index is 366. The molecule has 15 heavy (non-hydrogen) atoms. The van der Waals surface area contributed by atoms with Gasteiger partial charge in [0.2, 0.25) is 0 Å². The summed E-state index contributed by atoms with van der Waals surface area (Å²) in [7, 11) is 0. The van der Waals surface area contributed by atoms with Gasteiger partial charge in [-0.15, -0.1) is 0 Å². The van der Waals surface area contributed by atoms with Crippen LogP contribution in [0.2, 0.25) is 0 Å². The van der Waals surface area contributed by atoms with E-state index in [9.17, 15) is 15.2 Å². The number of aliphatic hydroxyl groups is 1. The van der Waals surface area contributed by atoms with E-state index in [0.717, 1.165) is 0 Å². The maximum Gasteiger partial charge on any atom is 0.278 e. The molecule has 3 N–H and O–H groups in total. The third-order valence-electron chi connectivity index (χ3n) is 2.25. The van der Waals surface area contributed by atoms with Gasteiger partial charge >= 0.3 is 0 Å². The van der Waals surface area contributed by atoms with Gasteiger partial charge in [-0.25, -0.2) is 0 Å². The summed E-state index contributed by atoms with van der Waals surface area (Å²) in [6, 6.07) is 4.90. The number of benzene rings is 1. The van der Waals surface area contributed by atoms with Crippen LogP contribution < -0.4 is 5.73 Å². The van der Waals surface area contributed by atoms with Gasteiger partial charge in [-0.05, 0) is 26.0 Å². The molecule has 1 aromatic rings. The van der Waals surface area contributed by atoms with E-state index in [2.05, 4.69) is 0 Å². The van der Waals surface area contributed by atoms with E-state index in [1.54, 1.807) is 25.1 Å². The van der Waals surface area contributed by atoms with Crippen LogP contribution >= 0.6 is 0 Å². The molecule has 0 aliphatic heterocycles. The summed E-state index contributed by atoms with van der Waals surface area (Å²) in [5, 5.41) is 20.5. The molecule has 0 saturated heterocycles. The summed E-state index contributed by atoms with van der Waals surface area (Å²) in [6.07, 6.45) is -0.542. The second-order valence-corrected chi connectivity index (χ2v) is 3.36. The van der Waals surface area contributed by atoms with Crippen molar-refractivity contribution in [2.45, 2.75) is 19.4 Å². The van der Waals surface area contributed by atoms with E-state index in [4.69, 9.17) is 5.73 Å². The highest BCUT2D eigenvalue weighted by Gasteiger charge is 2.21. The second kappa shape index (κ2) is 4.86. The molecular weight excluding hydrogens is 196 g/mol. The zero-order valence-electron chi connectivity index (χ0n) is 8.51. The number of nitrogens with two attached hydrogens (primary N) is 1. The molecule has 0 aliphatic carbocycles. The Hall–Kier alpha value is -1.46. The van der Waals surface area contributed by atoms with E-state index in [1.807, 2.05) is 0 Å². The number of aliphatic hydroxyl groups excluding tert-OH is 1. The van der Waals surface area contributed by atoms with Gasteiger partial charge in [0.05, 0.1) is 16.6 Å². The van der Waals surface area contributed by atoms with Gasteiger partial charge in [-0.3, -0.25) is 10.1 Å². The summed E-state index contributed by atoms with van der Waals surface area (Å²) in [5.74, 6) is 0. The summed E-state index contributed by atoms with van der Waals surface area (Å²) in [5.41, 5.74) is 6.17. The van der Waals surface area contributed by atoms with Crippen LogP contribution in [0.3, 0.4) is 0 Å². The first-order valence-corrected chi connectivity index (χ1v) is 4.70. The maximum atomic E-state index is 10.8. The number of para-hydroxylation sites is 1. The maximum absolute atomic E-state index is 10.8. The minimum atomic E-state index is -0.865. The molecule has 1 atom stereocenters. The minimum absolute atomic E-state index is 0.0153. The Morgan fingerprint density at radius 3 is 2.80 bits per heavy atom. The van der Waals surface area contributed by atoms with E-state index < -0.39 is 11.0 Å². The molecular formula is C10H14N2O3. The monoisotopic (exact) mass is 210 g/mol. The molecule has 0 radical (unpaired) electrons. The van der Waals surface area contributed by atoms with Crippen LogP contribution in [0.25, 0.3) is 0 Å². The van der Waals surface area contributed by atoms with E-state index in [1.165, 1.54) is 0 Å². The van der Waals surface area contributed by atoms with E-state index >= 15 is 0 Å². The molecule has 0 aliphatic rings. The molecule has 0 unspecified atom stereocenters. The standard InChI is InChI=1S/C10H14N2O3/c1-7-3-2-4-8(9(13)5-6-11)10(7)12(14)15/h2-4,9,13H,5-6,11H2,1H3/t9-/m0/s1. The van der Waals surface area contributed by atoms with Gasteiger partial charge in [-0.2, -0.15) is 0 Å². The van der Waals surface area contributed by atoms with Gasteiger partial charge in [0.25, 0.3) is 5.69 Å². The van der Waals surface area contributed by atoms with Crippen molar-refractivity contribution in [3.05, 3.63) is 39.4 Å². The average Bonchev–Trinajstić information content (AvgIpc) is 2.17.